The van der Waals surface area contributed by atoms with Gasteiger partial charge in [0.2, 0.25) is 5.91 Å². The minimum absolute atomic E-state index is 0.00906. The van der Waals surface area contributed by atoms with Gasteiger partial charge in [-0.3, -0.25) is 4.79 Å². The minimum atomic E-state index is -0.00906. The number of hydrogen-bond acceptors (Lipinski definition) is 5. The number of hydrogen-bond donors (Lipinski definition) is 1. The Kier molecular flexibility index (Phi) is 5.05. The number of aromatic nitrogens is 2. The fourth-order valence-electron chi connectivity index (χ4n) is 3.61. The molecule has 146 valence electrons. The molecular formula is C23H22N4O2. The summed E-state index contributed by atoms with van der Waals surface area (Å²) in [5.41, 5.74) is 2.54. The highest BCUT2D eigenvalue weighted by Crippen LogP contribution is 2.32. The van der Waals surface area contributed by atoms with E-state index in [0.29, 0.717) is 37.6 Å². The Labute approximate surface area is 169 Å². The maximum atomic E-state index is 12.1. The van der Waals surface area contributed by atoms with Gasteiger partial charge in [0.1, 0.15) is 11.6 Å². The number of amides is 1. The molecule has 3 aromatic rings. The summed E-state index contributed by atoms with van der Waals surface area (Å²) >= 11 is 0. The van der Waals surface area contributed by atoms with E-state index in [1.54, 1.807) is 17.0 Å². The van der Waals surface area contributed by atoms with Crippen molar-refractivity contribution in [2.75, 3.05) is 31.1 Å². The van der Waals surface area contributed by atoms with Gasteiger partial charge < -0.3 is 14.9 Å². The lowest BCUT2D eigenvalue weighted by Gasteiger charge is -2.35. The molecule has 6 nitrogen and oxygen atoms in total. The van der Waals surface area contributed by atoms with Crippen molar-refractivity contribution in [3.05, 3.63) is 48.0 Å². The van der Waals surface area contributed by atoms with Gasteiger partial charge in [0.05, 0.1) is 17.5 Å². The smallest absolute Gasteiger partial charge is 0.234 e. The molecule has 0 bridgehead atoms. The van der Waals surface area contributed by atoms with E-state index < -0.39 is 0 Å². The van der Waals surface area contributed by atoms with Crippen LogP contribution < -0.4 is 4.90 Å². The summed E-state index contributed by atoms with van der Waals surface area (Å²) in [6.45, 7) is 4.55. The van der Waals surface area contributed by atoms with Crippen LogP contribution in [0.4, 0.5) is 5.82 Å². The number of piperazine rings is 1. The fourth-order valence-corrected chi connectivity index (χ4v) is 3.61. The summed E-state index contributed by atoms with van der Waals surface area (Å²) in [4.78, 5) is 25.6. The van der Waals surface area contributed by atoms with Crippen molar-refractivity contribution < 1.29 is 9.90 Å². The van der Waals surface area contributed by atoms with Crippen LogP contribution in [0.1, 0.15) is 12.0 Å². The first-order chi connectivity index (χ1) is 14.1. The van der Waals surface area contributed by atoms with Crippen molar-refractivity contribution in [3.8, 4) is 29.5 Å². The zero-order chi connectivity index (χ0) is 20.4. The topological polar surface area (TPSA) is 69.6 Å². The van der Waals surface area contributed by atoms with Crippen molar-refractivity contribution in [2.45, 2.75) is 13.3 Å². The zero-order valence-corrected chi connectivity index (χ0v) is 16.3. The maximum absolute atomic E-state index is 12.1. The molecule has 6 heteroatoms. The van der Waals surface area contributed by atoms with Gasteiger partial charge in [0, 0.05) is 31.6 Å². The number of nitrogens with zero attached hydrogens (tertiary/aromatic N) is 4. The van der Waals surface area contributed by atoms with Crippen LogP contribution in [0, 0.1) is 19.3 Å². The molecule has 1 saturated heterocycles. The van der Waals surface area contributed by atoms with Crippen LogP contribution in [0.3, 0.4) is 0 Å². The normalized spacial score (nSPS) is 14.1. The Morgan fingerprint density at radius 3 is 2.62 bits per heavy atom. The molecule has 0 atom stereocenters. The third-order valence-corrected chi connectivity index (χ3v) is 5.16. The number of phenolic OH excluding ortho intramolecular Hbond substituents is 1. The predicted molar refractivity (Wildman–Crippen MR) is 114 cm³/mol. The van der Waals surface area contributed by atoms with Gasteiger partial charge >= 0.3 is 0 Å². The van der Waals surface area contributed by atoms with E-state index in [0.717, 1.165) is 22.3 Å². The molecule has 29 heavy (non-hydrogen) atoms. The van der Waals surface area contributed by atoms with E-state index in [9.17, 15) is 9.90 Å². The first kappa shape index (κ1) is 18.8. The zero-order valence-electron chi connectivity index (χ0n) is 16.3. The van der Waals surface area contributed by atoms with Gasteiger partial charge in [-0.15, -0.1) is 6.42 Å². The van der Waals surface area contributed by atoms with Gasteiger partial charge in [0.15, 0.2) is 5.82 Å². The van der Waals surface area contributed by atoms with E-state index in [4.69, 9.17) is 16.4 Å². The molecule has 2 aromatic carbocycles. The third-order valence-electron chi connectivity index (χ3n) is 5.16. The van der Waals surface area contributed by atoms with E-state index >= 15 is 0 Å². The van der Waals surface area contributed by atoms with E-state index in [1.807, 2.05) is 37.3 Å². The number of carbonyl (C=O) groups excluding carboxylic acids is 1. The number of phenols is 1. The Bertz CT molecular complexity index is 1110. The molecule has 1 aromatic heterocycles. The molecule has 1 N–H and O–H groups in total. The summed E-state index contributed by atoms with van der Waals surface area (Å²) < 4.78 is 0. The largest absolute Gasteiger partial charge is 0.507 e. The van der Waals surface area contributed by atoms with Crippen molar-refractivity contribution >= 4 is 22.6 Å². The number of benzene rings is 2. The van der Waals surface area contributed by atoms with Crippen molar-refractivity contribution in [2.24, 2.45) is 0 Å². The molecule has 1 aliphatic heterocycles. The van der Waals surface area contributed by atoms with Crippen LogP contribution in [-0.4, -0.2) is 52.1 Å². The fraction of sp³-hybridized carbons (Fsp3) is 0.261. The lowest BCUT2D eigenvalue weighted by molar-refractivity contribution is -0.130. The summed E-state index contributed by atoms with van der Waals surface area (Å²) in [7, 11) is 0. The predicted octanol–water partition coefficient (Wildman–Crippen LogP) is 2.98. The molecule has 1 amide bonds. The lowest BCUT2D eigenvalue weighted by Crippen LogP contribution is -2.49. The average Bonchev–Trinajstić information content (AvgIpc) is 2.73. The molecule has 0 spiro atoms. The summed E-state index contributed by atoms with van der Waals surface area (Å²) in [6, 6.07) is 13.2. The van der Waals surface area contributed by atoms with Gasteiger partial charge in [0.25, 0.3) is 0 Å². The summed E-state index contributed by atoms with van der Waals surface area (Å²) in [6.07, 6.45) is 5.40. The van der Waals surface area contributed by atoms with Crippen LogP contribution in [0.15, 0.2) is 42.5 Å². The Morgan fingerprint density at radius 1 is 1.14 bits per heavy atom. The highest BCUT2D eigenvalue weighted by molar-refractivity contribution is 5.92. The molecule has 2 heterocycles. The van der Waals surface area contributed by atoms with Crippen molar-refractivity contribution in [3.63, 3.8) is 0 Å². The second-order valence-electron chi connectivity index (χ2n) is 7.16. The Balaban J connectivity index is 1.73. The Hall–Kier alpha value is -3.59. The second kappa shape index (κ2) is 7.80. The highest BCUT2D eigenvalue weighted by Gasteiger charge is 2.24. The van der Waals surface area contributed by atoms with Crippen molar-refractivity contribution in [1.29, 1.82) is 0 Å². The maximum Gasteiger partial charge on any atom is 0.234 e. The minimum Gasteiger partial charge on any atom is -0.507 e. The van der Waals surface area contributed by atoms with Gasteiger partial charge in [-0.25, -0.2) is 9.97 Å². The number of carbonyl (C=O) groups is 1. The number of anilines is 1. The highest BCUT2D eigenvalue weighted by atomic mass is 16.3. The standard InChI is InChI=1S/C23H22N4O2/c1-3-6-21(29)26-11-13-27(14-12-26)23-17-10-9-16(2)15-19(17)24-22(25-23)18-7-4-5-8-20(18)28/h1,4-5,7-10,15,28H,6,11-14H2,2H3. The summed E-state index contributed by atoms with van der Waals surface area (Å²) in [5, 5.41) is 11.2. The quantitative estimate of drug-likeness (QED) is 0.701. The molecule has 0 radical (unpaired) electrons. The van der Waals surface area contributed by atoms with Crippen LogP contribution in [0.25, 0.3) is 22.3 Å². The van der Waals surface area contributed by atoms with E-state index in [-0.39, 0.29) is 18.1 Å². The van der Waals surface area contributed by atoms with Crippen molar-refractivity contribution in [1.82, 2.24) is 14.9 Å². The number of rotatable bonds is 3. The first-order valence-electron chi connectivity index (χ1n) is 9.60. The molecule has 0 saturated carbocycles. The van der Waals surface area contributed by atoms with Crippen LogP contribution in [0.2, 0.25) is 0 Å². The molecular weight excluding hydrogens is 364 g/mol. The number of aromatic hydroxyl groups is 1. The third kappa shape index (κ3) is 3.72. The van der Waals surface area contributed by atoms with Crippen LogP contribution in [-0.2, 0) is 4.79 Å². The Morgan fingerprint density at radius 2 is 1.90 bits per heavy atom. The molecule has 1 aliphatic rings. The lowest BCUT2D eigenvalue weighted by atomic mass is 10.1. The SMILES string of the molecule is C#CCC(=O)N1CCN(c2nc(-c3ccccc3O)nc3cc(C)ccc23)CC1. The number of aryl methyl sites for hydroxylation is 1. The number of terminal acetylenes is 1. The van der Waals surface area contributed by atoms with E-state index in [1.165, 1.54) is 0 Å². The molecule has 4 rings (SSSR count). The van der Waals surface area contributed by atoms with Gasteiger partial charge in [-0.2, -0.15) is 0 Å². The van der Waals surface area contributed by atoms with E-state index in [2.05, 4.69) is 10.8 Å². The monoisotopic (exact) mass is 386 g/mol. The van der Waals surface area contributed by atoms with Gasteiger partial charge in [-0.1, -0.05) is 24.1 Å². The molecule has 0 aliphatic carbocycles. The molecule has 0 unspecified atom stereocenters. The number of para-hydroxylation sites is 1. The summed E-state index contributed by atoms with van der Waals surface area (Å²) in [5.74, 6) is 3.86. The second-order valence-corrected chi connectivity index (χ2v) is 7.16. The van der Waals surface area contributed by atoms with Crippen LogP contribution >= 0.6 is 0 Å². The molecule has 1 fully saturated rings. The average molecular weight is 386 g/mol. The van der Waals surface area contributed by atoms with Gasteiger partial charge in [-0.05, 0) is 36.8 Å². The van der Waals surface area contributed by atoms with Crippen LogP contribution in [0.5, 0.6) is 5.75 Å². The first-order valence-corrected chi connectivity index (χ1v) is 9.60. The number of fused-ring (bicyclic) bond motifs is 1.